The maximum atomic E-state index is 14.1. The zero-order valence-corrected chi connectivity index (χ0v) is 20.4. The molecule has 4 rings (SSSR count). The van der Waals surface area contributed by atoms with Crippen LogP contribution in [-0.2, 0) is 12.0 Å². The maximum absolute atomic E-state index is 14.1. The highest BCUT2D eigenvalue weighted by atomic mass is 19.4. The van der Waals surface area contributed by atoms with Crippen LogP contribution in [0, 0.1) is 0 Å². The smallest absolute Gasteiger partial charge is 0.386 e. The molecule has 2 nitrogen and oxygen atoms in total. The Morgan fingerprint density at radius 3 is 1.59 bits per heavy atom. The lowest BCUT2D eigenvalue weighted by Gasteiger charge is -2.41. The molecule has 0 aromatic heterocycles. The summed E-state index contributed by atoms with van der Waals surface area (Å²) in [7, 11) is 0. The van der Waals surface area contributed by atoms with Gasteiger partial charge in [0, 0.05) is 5.41 Å². The molecule has 39 heavy (non-hydrogen) atoms. The fourth-order valence-electron chi connectivity index (χ4n) is 4.00. The van der Waals surface area contributed by atoms with Gasteiger partial charge in [0.15, 0.2) is 0 Å². The zero-order chi connectivity index (χ0) is 28.9. The molecule has 0 N–H and O–H groups in total. The van der Waals surface area contributed by atoms with Crippen LogP contribution in [0.4, 0.5) is 39.5 Å². The second-order valence-corrected chi connectivity index (χ2v) is 9.49. The van der Waals surface area contributed by atoms with Gasteiger partial charge in [0.1, 0.15) is 18.1 Å². The molecule has 0 heterocycles. The van der Waals surface area contributed by atoms with Gasteiger partial charge < -0.3 is 9.47 Å². The predicted molar refractivity (Wildman–Crippen MR) is 124 cm³/mol. The SMILES string of the molecule is CC(C)(c1ccc(OCc2ccccc2)cc1)c1ccc(OC2=C(F)C(F)(F)C(F)(F)C(F)(F)C2(F)F)cc1. The van der Waals surface area contributed by atoms with Crippen LogP contribution in [0.5, 0.6) is 11.5 Å². The van der Waals surface area contributed by atoms with Crippen LogP contribution in [0.1, 0.15) is 30.5 Å². The van der Waals surface area contributed by atoms with Gasteiger partial charge in [-0.1, -0.05) is 68.4 Å². The summed E-state index contributed by atoms with van der Waals surface area (Å²) in [4.78, 5) is 0. The van der Waals surface area contributed by atoms with Gasteiger partial charge in [-0.05, 0) is 41.0 Å². The third-order valence-corrected chi connectivity index (χ3v) is 6.56. The van der Waals surface area contributed by atoms with Crippen molar-refractivity contribution in [1.82, 2.24) is 0 Å². The van der Waals surface area contributed by atoms with E-state index in [0.717, 1.165) is 23.3 Å². The van der Waals surface area contributed by atoms with Gasteiger partial charge in [-0.3, -0.25) is 0 Å². The van der Waals surface area contributed by atoms with Gasteiger partial charge in [-0.15, -0.1) is 0 Å². The lowest BCUT2D eigenvalue weighted by atomic mass is 9.78. The van der Waals surface area contributed by atoms with Gasteiger partial charge >= 0.3 is 23.7 Å². The molecule has 0 saturated heterocycles. The Morgan fingerprint density at radius 2 is 1.08 bits per heavy atom. The van der Waals surface area contributed by atoms with E-state index in [1.54, 1.807) is 24.3 Å². The van der Waals surface area contributed by atoms with E-state index < -0.39 is 46.4 Å². The van der Waals surface area contributed by atoms with Crippen molar-refractivity contribution in [2.24, 2.45) is 0 Å². The Kier molecular flexibility index (Phi) is 6.94. The number of hydrogen-bond acceptors (Lipinski definition) is 2. The zero-order valence-electron chi connectivity index (χ0n) is 20.4. The van der Waals surface area contributed by atoms with E-state index in [1.807, 2.05) is 44.2 Å². The molecule has 0 unspecified atom stereocenters. The summed E-state index contributed by atoms with van der Waals surface area (Å²) in [6, 6.07) is 21.1. The second-order valence-electron chi connectivity index (χ2n) is 9.49. The number of ether oxygens (including phenoxy) is 2. The van der Waals surface area contributed by atoms with E-state index in [0.29, 0.717) is 17.9 Å². The number of halogens is 9. The van der Waals surface area contributed by atoms with Crippen LogP contribution in [0.3, 0.4) is 0 Å². The molecule has 0 fully saturated rings. The summed E-state index contributed by atoms with van der Waals surface area (Å²) < 4.78 is 134. The van der Waals surface area contributed by atoms with Gasteiger partial charge in [0.05, 0.1) is 0 Å². The van der Waals surface area contributed by atoms with Gasteiger partial charge in [0.25, 0.3) is 0 Å². The highest BCUT2D eigenvalue weighted by Crippen LogP contribution is 2.62. The van der Waals surface area contributed by atoms with Gasteiger partial charge in [-0.25, -0.2) is 4.39 Å². The number of rotatable bonds is 7. The van der Waals surface area contributed by atoms with Crippen molar-refractivity contribution in [2.45, 2.75) is 49.6 Å². The highest BCUT2D eigenvalue weighted by molar-refractivity contribution is 5.43. The first-order valence-electron chi connectivity index (χ1n) is 11.5. The molecule has 0 bridgehead atoms. The van der Waals surface area contributed by atoms with Crippen LogP contribution in [-0.4, -0.2) is 23.7 Å². The van der Waals surface area contributed by atoms with Gasteiger partial charge in [-0.2, -0.15) is 35.1 Å². The number of hydrogen-bond donors (Lipinski definition) is 0. The van der Waals surface area contributed by atoms with Crippen molar-refractivity contribution in [3.05, 3.63) is 107 Å². The van der Waals surface area contributed by atoms with E-state index in [4.69, 9.17) is 4.74 Å². The molecule has 3 aromatic carbocycles. The van der Waals surface area contributed by atoms with Crippen LogP contribution in [0.15, 0.2) is 90.4 Å². The van der Waals surface area contributed by atoms with Crippen LogP contribution < -0.4 is 9.47 Å². The molecular formula is C28H21F9O2. The first-order valence-corrected chi connectivity index (χ1v) is 11.5. The molecule has 0 amide bonds. The lowest BCUT2D eigenvalue weighted by molar-refractivity contribution is -0.368. The van der Waals surface area contributed by atoms with E-state index in [9.17, 15) is 39.5 Å². The first kappa shape index (κ1) is 28.4. The van der Waals surface area contributed by atoms with Crippen molar-refractivity contribution in [3.63, 3.8) is 0 Å². The molecule has 1 aliphatic rings. The molecule has 0 aliphatic heterocycles. The van der Waals surface area contributed by atoms with Crippen molar-refractivity contribution < 1.29 is 49.0 Å². The maximum Gasteiger partial charge on any atom is 0.386 e. The summed E-state index contributed by atoms with van der Waals surface area (Å²) in [5.74, 6) is -32.0. The summed E-state index contributed by atoms with van der Waals surface area (Å²) in [6.07, 6.45) is 0. The Hall–Kier alpha value is -3.63. The minimum Gasteiger partial charge on any atom is -0.489 e. The molecule has 1 aliphatic carbocycles. The Labute approximate surface area is 217 Å². The molecule has 0 saturated carbocycles. The third kappa shape index (κ3) is 4.61. The van der Waals surface area contributed by atoms with Crippen LogP contribution >= 0.6 is 0 Å². The Balaban J connectivity index is 1.53. The minimum absolute atomic E-state index is 0.358. The van der Waals surface area contributed by atoms with Crippen molar-refractivity contribution in [3.8, 4) is 11.5 Å². The number of benzene rings is 3. The molecule has 11 heteroatoms. The van der Waals surface area contributed by atoms with Crippen LogP contribution in [0.25, 0.3) is 0 Å². The van der Waals surface area contributed by atoms with Crippen LogP contribution in [0.2, 0.25) is 0 Å². The number of alkyl halides is 8. The molecule has 208 valence electrons. The van der Waals surface area contributed by atoms with E-state index in [1.165, 1.54) is 12.1 Å². The summed E-state index contributed by atoms with van der Waals surface area (Å²) in [5, 5.41) is 0. The summed E-state index contributed by atoms with van der Waals surface area (Å²) in [5.41, 5.74) is 1.61. The monoisotopic (exact) mass is 560 g/mol. The summed E-state index contributed by atoms with van der Waals surface area (Å²) in [6.45, 7) is 3.98. The Bertz CT molecular complexity index is 1350. The lowest BCUT2D eigenvalue weighted by Crippen LogP contribution is -2.67. The predicted octanol–water partition coefficient (Wildman–Crippen LogP) is 8.71. The molecule has 3 aromatic rings. The van der Waals surface area contributed by atoms with E-state index in [2.05, 4.69) is 4.74 Å². The van der Waals surface area contributed by atoms with Crippen molar-refractivity contribution in [1.29, 1.82) is 0 Å². The normalized spacial score (nSPS) is 19.5. The largest absolute Gasteiger partial charge is 0.489 e. The molecule has 0 atom stereocenters. The molecule has 0 spiro atoms. The topological polar surface area (TPSA) is 18.5 Å². The van der Waals surface area contributed by atoms with Crippen molar-refractivity contribution >= 4 is 0 Å². The highest BCUT2D eigenvalue weighted by Gasteiger charge is 2.87. The fourth-order valence-corrected chi connectivity index (χ4v) is 4.00. The average Bonchev–Trinajstić information content (AvgIpc) is 2.90. The molecule has 0 radical (unpaired) electrons. The van der Waals surface area contributed by atoms with E-state index in [-0.39, 0.29) is 0 Å². The summed E-state index contributed by atoms with van der Waals surface area (Å²) >= 11 is 0. The van der Waals surface area contributed by atoms with E-state index >= 15 is 0 Å². The first-order chi connectivity index (χ1) is 18.0. The quantitative estimate of drug-likeness (QED) is 0.269. The Morgan fingerprint density at radius 1 is 0.615 bits per heavy atom. The third-order valence-electron chi connectivity index (χ3n) is 6.56. The molecular weight excluding hydrogens is 539 g/mol. The second kappa shape index (κ2) is 9.53. The average molecular weight is 560 g/mol. The minimum atomic E-state index is -6.68. The number of allylic oxidation sites excluding steroid dienone is 2. The standard InChI is InChI=1S/C28H21F9O2/c1-24(2,18-8-12-20(13-9-18)38-16-17-6-4-3-5-7-17)19-10-14-21(15-11-19)39-23-22(29)25(30,31)27(34,35)28(36,37)26(23,32)33/h3-15H,16H2,1-2H3. The van der Waals surface area contributed by atoms with Gasteiger partial charge in [0.2, 0.25) is 11.6 Å². The van der Waals surface area contributed by atoms with Crippen molar-refractivity contribution in [2.75, 3.05) is 0 Å². The fraction of sp³-hybridized carbons (Fsp3) is 0.286.